The van der Waals surface area contributed by atoms with E-state index in [2.05, 4.69) is 94.4 Å². The molecule has 4 heteroatoms. The zero-order valence-corrected chi connectivity index (χ0v) is 16.8. The number of para-hydroxylation sites is 3. The summed E-state index contributed by atoms with van der Waals surface area (Å²) in [5, 5.41) is 2.41. The van der Waals surface area contributed by atoms with Gasteiger partial charge in [-0.3, -0.25) is 4.57 Å². The molecule has 0 bridgehead atoms. The zero-order chi connectivity index (χ0) is 20.6. The van der Waals surface area contributed by atoms with E-state index in [-0.39, 0.29) is 6.17 Å². The molecule has 0 fully saturated rings. The fourth-order valence-electron chi connectivity index (χ4n) is 4.30. The van der Waals surface area contributed by atoms with E-state index in [0.29, 0.717) is 5.96 Å². The van der Waals surface area contributed by atoms with E-state index in [1.807, 2.05) is 30.6 Å². The lowest BCUT2D eigenvalue weighted by Crippen LogP contribution is -2.32. The van der Waals surface area contributed by atoms with E-state index in [0.717, 1.165) is 22.3 Å². The molecular formula is C27H20N4. The number of hydrogen-bond acceptors (Lipinski definition) is 3. The van der Waals surface area contributed by atoms with Gasteiger partial charge in [0.25, 0.3) is 0 Å². The Morgan fingerprint density at radius 2 is 1.13 bits per heavy atom. The van der Waals surface area contributed by atoms with Crippen molar-refractivity contribution >= 4 is 39.8 Å². The van der Waals surface area contributed by atoms with Gasteiger partial charge in [0.15, 0.2) is 6.17 Å². The van der Waals surface area contributed by atoms with Crippen molar-refractivity contribution in [2.24, 2.45) is 9.98 Å². The maximum Gasteiger partial charge on any atom is 0.233 e. The maximum atomic E-state index is 5.16. The van der Waals surface area contributed by atoms with Crippen molar-refractivity contribution in [1.82, 2.24) is 4.57 Å². The minimum absolute atomic E-state index is 0.198. The number of nitrogens with zero attached hydrogens (tertiary/aromatic N) is 4. The minimum atomic E-state index is -0.198. The Labute approximate surface area is 180 Å². The van der Waals surface area contributed by atoms with Gasteiger partial charge in [-0.1, -0.05) is 84.9 Å². The maximum absolute atomic E-state index is 5.16. The zero-order valence-electron chi connectivity index (χ0n) is 16.8. The molecule has 1 atom stereocenters. The van der Waals surface area contributed by atoms with Gasteiger partial charge >= 0.3 is 0 Å². The molecule has 0 saturated carbocycles. The van der Waals surface area contributed by atoms with Crippen LogP contribution in [0.25, 0.3) is 21.8 Å². The van der Waals surface area contributed by atoms with Crippen molar-refractivity contribution in [3.63, 3.8) is 0 Å². The standard InChI is InChI=1S/C27H20N4/c1-3-11-20(12-4-1)26-29-27(28-19-30(26)21-13-5-2-6-14-21)31-24-17-9-7-15-22(24)23-16-8-10-18-25(23)31/h1-19,26H. The van der Waals surface area contributed by atoms with Crippen LogP contribution < -0.4 is 4.90 Å². The third-order valence-electron chi connectivity index (χ3n) is 5.73. The molecule has 1 unspecified atom stereocenters. The van der Waals surface area contributed by atoms with Crippen LogP contribution >= 0.6 is 0 Å². The quantitative estimate of drug-likeness (QED) is 0.345. The minimum Gasteiger partial charge on any atom is -0.305 e. The number of fused-ring (bicyclic) bond motifs is 3. The van der Waals surface area contributed by atoms with Crippen LogP contribution in [0.4, 0.5) is 5.69 Å². The molecule has 4 nitrogen and oxygen atoms in total. The summed E-state index contributed by atoms with van der Waals surface area (Å²) >= 11 is 0. The number of hydrogen-bond donors (Lipinski definition) is 0. The SMILES string of the molecule is C1=NC(n2c3ccccc3c3ccccc32)=NC(c2ccccc2)N1c1ccccc1. The second-order valence-electron chi connectivity index (χ2n) is 7.57. The molecule has 31 heavy (non-hydrogen) atoms. The second kappa shape index (κ2) is 7.26. The van der Waals surface area contributed by atoms with E-state index in [9.17, 15) is 0 Å². The van der Waals surface area contributed by atoms with Gasteiger partial charge in [0, 0.05) is 16.5 Å². The van der Waals surface area contributed by atoms with Crippen LogP contribution in [-0.4, -0.2) is 16.9 Å². The van der Waals surface area contributed by atoms with Crippen LogP contribution in [0, 0.1) is 0 Å². The topological polar surface area (TPSA) is 32.9 Å². The lowest BCUT2D eigenvalue weighted by atomic mass is 10.1. The van der Waals surface area contributed by atoms with Crippen molar-refractivity contribution in [2.75, 3.05) is 4.90 Å². The molecule has 0 radical (unpaired) electrons. The fourth-order valence-corrected chi connectivity index (χ4v) is 4.30. The molecular weight excluding hydrogens is 380 g/mol. The number of aliphatic imine (C=N–C) groups is 2. The molecule has 0 N–H and O–H groups in total. The smallest absolute Gasteiger partial charge is 0.233 e. The molecule has 1 aliphatic rings. The summed E-state index contributed by atoms with van der Waals surface area (Å²) < 4.78 is 2.17. The Morgan fingerprint density at radius 3 is 1.77 bits per heavy atom. The molecule has 5 aromatic rings. The first-order chi connectivity index (χ1) is 15.4. The number of anilines is 1. The van der Waals surface area contributed by atoms with Crippen molar-refractivity contribution in [1.29, 1.82) is 0 Å². The Kier molecular flexibility index (Phi) is 4.13. The van der Waals surface area contributed by atoms with Crippen LogP contribution in [0.15, 0.2) is 119 Å². The Morgan fingerprint density at radius 1 is 0.581 bits per heavy atom. The molecule has 2 heterocycles. The van der Waals surface area contributed by atoms with Gasteiger partial charge < -0.3 is 4.90 Å². The average molecular weight is 400 g/mol. The van der Waals surface area contributed by atoms with Crippen LogP contribution in [0.1, 0.15) is 11.7 Å². The highest BCUT2D eigenvalue weighted by atomic mass is 15.4. The number of benzene rings is 4. The highest BCUT2D eigenvalue weighted by molar-refractivity contribution is 6.15. The summed E-state index contributed by atoms with van der Waals surface area (Å²) in [6, 6.07) is 37.5. The third kappa shape index (κ3) is 2.92. The number of aromatic nitrogens is 1. The van der Waals surface area contributed by atoms with E-state index in [1.54, 1.807) is 0 Å². The van der Waals surface area contributed by atoms with Crippen LogP contribution in [0.3, 0.4) is 0 Å². The van der Waals surface area contributed by atoms with E-state index in [1.165, 1.54) is 10.8 Å². The lowest BCUT2D eigenvalue weighted by Gasteiger charge is -2.30. The van der Waals surface area contributed by atoms with E-state index < -0.39 is 0 Å². The second-order valence-corrected chi connectivity index (χ2v) is 7.57. The largest absolute Gasteiger partial charge is 0.305 e. The monoisotopic (exact) mass is 400 g/mol. The molecule has 0 aliphatic carbocycles. The van der Waals surface area contributed by atoms with Crippen molar-refractivity contribution < 1.29 is 0 Å². The first-order valence-corrected chi connectivity index (χ1v) is 10.4. The summed E-state index contributed by atoms with van der Waals surface area (Å²) in [7, 11) is 0. The van der Waals surface area contributed by atoms with Crippen LogP contribution in [0.5, 0.6) is 0 Å². The lowest BCUT2D eigenvalue weighted by molar-refractivity contribution is 0.744. The van der Waals surface area contributed by atoms with Gasteiger partial charge in [-0.05, 0) is 29.8 Å². The molecule has 6 rings (SSSR count). The normalized spacial score (nSPS) is 16.1. The molecule has 0 spiro atoms. The molecule has 0 saturated heterocycles. The fraction of sp³-hybridized carbons (Fsp3) is 0.0370. The van der Waals surface area contributed by atoms with Gasteiger partial charge in [-0.2, -0.15) is 0 Å². The first-order valence-electron chi connectivity index (χ1n) is 10.4. The summed E-state index contributed by atoms with van der Waals surface area (Å²) in [4.78, 5) is 12.1. The van der Waals surface area contributed by atoms with Gasteiger partial charge in [0.05, 0.1) is 11.0 Å². The molecule has 148 valence electrons. The molecule has 4 aromatic carbocycles. The average Bonchev–Trinajstić information content (AvgIpc) is 3.19. The van der Waals surface area contributed by atoms with E-state index in [4.69, 9.17) is 9.98 Å². The highest BCUT2D eigenvalue weighted by Crippen LogP contribution is 2.33. The Balaban J connectivity index is 1.57. The Hall–Kier alpha value is -4.18. The van der Waals surface area contributed by atoms with Crippen LogP contribution in [0.2, 0.25) is 0 Å². The van der Waals surface area contributed by atoms with Crippen molar-refractivity contribution in [3.8, 4) is 0 Å². The van der Waals surface area contributed by atoms with Gasteiger partial charge in [-0.25, -0.2) is 9.98 Å². The summed E-state index contributed by atoms with van der Waals surface area (Å²) in [6.45, 7) is 0. The van der Waals surface area contributed by atoms with Gasteiger partial charge in [0.1, 0.15) is 6.34 Å². The van der Waals surface area contributed by atoms with Crippen LogP contribution in [-0.2, 0) is 0 Å². The van der Waals surface area contributed by atoms with Crippen molar-refractivity contribution in [3.05, 3.63) is 115 Å². The molecule has 0 amide bonds. The molecule has 1 aliphatic heterocycles. The predicted octanol–water partition coefficient (Wildman–Crippen LogP) is 6.25. The molecule has 1 aromatic heterocycles. The van der Waals surface area contributed by atoms with E-state index >= 15 is 0 Å². The van der Waals surface area contributed by atoms with Gasteiger partial charge in [0.2, 0.25) is 5.96 Å². The van der Waals surface area contributed by atoms with Gasteiger partial charge in [-0.15, -0.1) is 0 Å². The Bertz CT molecular complexity index is 1380. The third-order valence-corrected chi connectivity index (χ3v) is 5.73. The summed E-state index contributed by atoms with van der Waals surface area (Å²) in [5.41, 5.74) is 4.40. The van der Waals surface area contributed by atoms with Crippen molar-refractivity contribution in [2.45, 2.75) is 6.17 Å². The highest BCUT2D eigenvalue weighted by Gasteiger charge is 2.25. The first kappa shape index (κ1) is 17.7. The number of rotatable bonds is 2. The predicted molar refractivity (Wildman–Crippen MR) is 129 cm³/mol. The summed E-state index contributed by atoms with van der Waals surface area (Å²) in [5.74, 6) is 0.693. The summed E-state index contributed by atoms with van der Waals surface area (Å²) in [6.07, 6.45) is 1.70.